The number of hydrogen-bond donors (Lipinski definition) is 2. The zero-order valence-electron chi connectivity index (χ0n) is 24.3. The molecular formula is C34H39FN4O4. The standard InChI is InChI=1S/C34H39FN4O4/c35-29-15-8-7-14-28(29)24-39-31(40)30(16-9-20-36-33(42)43-25-27-12-5-2-6-13-27)37-32(41)34(39)18-22-38(23-19-34)21-17-26-10-3-1-4-11-26/h1-8,10-15,30H,9,16-25H2,(H,36,42)(H,37,41)/t30-/m0/s1. The summed E-state index contributed by atoms with van der Waals surface area (Å²) in [6.07, 6.45) is 2.14. The van der Waals surface area contributed by atoms with E-state index in [0.717, 1.165) is 18.5 Å². The summed E-state index contributed by atoms with van der Waals surface area (Å²) in [5, 5.41) is 5.69. The van der Waals surface area contributed by atoms with Crippen LogP contribution in [0.3, 0.4) is 0 Å². The molecule has 226 valence electrons. The van der Waals surface area contributed by atoms with Crippen LogP contribution < -0.4 is 10.6 Å². The van der Waals surface area contributed by atoms with E-state index < -0.39 is 23.5 Å². The number of nitrogens with one attached hydrogen (secondary N) is 2. The molecule has 2 aliphatic rings. The van der Waals surface area contributed by atoms with Gasteiger partial charge in [0.1, 0.15) is 24.0 Å². The van der Waals surface area contributed by atoms with E-state index in [1.54, 1.807) is 23.1 Å². The average molecular weight is 587 g/mol. The Hall–Kier alpha value is -4.24. The lowest BCUT2D eigenvalue weighted by atomic mass is 9.81. The van der Waals surface area contributed by atoms with Crippen LogP contribution in [0.2, 0.25) is 0 Å². The van der Waals surface area contributed by atoms with E-state index in [1.165, 1.54) is 11.6 Å². The molecule has 0 unspecified atom stereocenters. The molecule has 0 aromatic heterocycles. The number of nitrogens with zero attached hydrogens (tertiary/aromatic N) is 2. The Bertz CT molecular complexity index is 1380. The summed E-state index contributed by atoms with van der Waals surface area (Å²) in [5.41, 5.74) is 1.51. The molecule has 8 nitrogen and oxygen atoms in total. The molecule has 0 radical (unpaired) electrons. The number of hydrogen-bond acceptors (Lipinski definition) is 5. The predicted octanol–water partition coefficient (Wildman–Crippen LogP) is 4.44. The molecule has 2 heterocycles. The fourth-order valence-electron chi connectivity index (χ4n) is 5.94. The quantitative estimate of drug-likeness (QED) is 0.325. The highest BCUT2D eigenvalue weighted by Crippen LogP contribution is 2.35. The SMILES string of the molecule is O=C(NCCC[C@@H]1NC(=O)C2(CCN(CCc3ccccc3)CC2)N(Cc2ccccc2F)C1=O)OCc1ccccc1. The molecule has 5 rings (SSSR count). The Balaban J connectivity index is 1.19. The minimum atomic E-state index is -1.03. The van der Waals surface area contributed by atoms with Crippen LogP contribution in [0, 0.1) is 5.82 Å². The van der Waals surface area contributed by atoms with Crippen LogP contribution in [0.25, 0.3) is 0 Å². The first kappa shape index (κ1) is 30.2. The van der Waals surface area contributed by atoms with Crippen LogP contribution in [0.5, 0.6) is 0 Å². The van der Waals surface area contributed by atoms with Crippen molar-refractivity contribution in [3.05, 3.63) is 107 Å². The summed E-state index contributed by atoms with van der Waals surface area (Å²) in [6.45, 7) is 2.70. The molecule has 3 aromatic rings. The highest BCUT2D eigenvalue weighted by Gasteiger charge is 2.53. The molecule has 43 heavy (non-hydrogen) atoms. The second-order valence-electron chi connectivity index (χ2n) is 11.3. The van der Waals surface area contributed by atoms with Gasteiger partial charge in [0, 0.05) is 38.3 Å². The van der Waals surface area contributed by atoms with Gasteiger partial charge in [-0.1, -0.05) is 78.9 Å². The van der Waals surface area contributed by atoms with Gasteiger partial charge in [0.25, 0.3) is 0 Å². The van der Waals surface area contributed by atoms with E-state index in [0.29, 0.717) is 50.9 Å². The molecule has 2 aliphatic heterocycles. The van der Waals surface area contributed by atoms with E-state index >= 15 is 0 Å². The molecule has 0 aliphatic carbocycles. The van der Waals surface area contributed by atoms with Gasteiger partial charge in [0.15, 0.2) is 0 Å². The third kappa shape index (κ3) is 7.59. The maximum Gasteiger partial charge on any atom is 0.407 e. The van der Waals surface area contributed by atoms with Crippen molar-refractivity contribution in [1.82, 2.24) is 20.4 Å². The molecular weight excluding hydrogens is 547 g/mol. The zero-order chi connectivity index (χ0) is 30.1. The van der Waals surface area contributed by atoms with Crippen LogP contribution >= 0.6 is 0 Å². The molecule has 1 atom stereocenters. The Labute approximate surface area is 252 Å². The second kappa shape index (κ2) is 14.3. The van der Waals surface area contributed by atoms with Gasteiger partial charge in [0.05, 0.1) is 0 Å². The first-order valence-corrected chi connectivity index (χ1v) is 15.0. The van der Waals surface area contributed by atoms with Gasteiger partial charge in [-0.2, -0.15) is 0 Å². The number of alkyl carbamates (subject to hydrolysis) is 1. The van der Waals surface area contributed by atoms with Gasteiger partial charge in [-0.15, -0.1) is 0 Å². The number of likely N-dealkylation sites (tertiary alicyclic amines) is 1. The van der Waals surface area contributed by atoms with Crippen molar-refractivity contribution in [2.45, 2.75) is 56.8 Å². The van der Waals surface area contributed by atoms with Crippen molar-refractivity contribution in [3.8, 4) is 0 Å². The number of benzene rings is 3. The first-order chi connectivity index (χ1) is 20.9. The number of piperidine rings is 1. The van der Waals surface area contributed by atoms with Gasteiger partial charge >= 0.3 is 6.09 Å². The molecule has 2 N–H and O–H groups in total. The number of carbonyl (C=O) groups excluding carboxylic acids is 3. The van der Waals surface area contributed by atoms with Crippen LogP contribution in [0.4, 0.5) is 9.18 Å². The number of rotatable bonds is 11. The monoisotopic (exact) mass is 586 g/mol. The van der Waals surface area contributed by atoms with Crippen LogP contribution in [0.15, 0.2) is 84.9 Å². The molecule has 3 aromatic carbocycles. The van der Waals surface area contributed by atoms with Gasteiger partial charge < -0.3 is 25.2 Å². The van der Waals surface area contributed by atoms with Crippen molar-refractivity contribution in [1.29, 1.82) is 0 Å². The molecule has 2 fully saturated rings. The summed E-state index contributed by atoms with van der Waals surface area (Å²) in [5.74, 6) is -0.801. The lowest BCUT2D eigenvalue weighted by molar-refractivity contribution is -0.162. The fraction of sp³-hybridized carbons (Fsp3) is 0.382. The minimum Gasteiger partial charge on any atom is -0.445 e. The Morgan fingerprint density at radius 2 is 1.58 bits per heavy atom. The maximum absolute atomic E-state index is 14.7. The summed E-state index contributed by atoms with van der Waals surface area (Å²) in [7, 11) is 0. The lowest BCUT2D eigenvalue weighted by Crippen LogP contribution is -2.72. The topological polar surface area (TPSA) is 91.0 Å². The van der Waals surface area contributed by atoms with Crippen molar-refractivity contribution in [2.75, 3.05) is 26.2 Å². The Kier molecular flexibility index (Phi) is 10.0. The smallest absolute Gasteiger partial charge is 0.407 e. The molecule has 3 amide bonds. The van der Waals surface area contributed by atoms with E-state index in [1.807, 2.05) is 48.5 Å². The van der Waals surface area contributed by atoms with Gasteiger partial charge in [0.2, 0.25) is 11.8 Å². The number of piperazine rings is 1. The van der Waals surface area contributed by atoms with E-state index in [9.17, 15) is 18.8 Å². The number of ether oxygens (including phenoxy) is 1. The summed E-state index contributed by atoms with van der Waals surface area (Å²) >= 11 is 0. The van der Waals surface area contributed by atoms with E-state index in [4.69, 9.17) is 4.74 Å². The maximum atomic E-state index is 14.7. The molecule has 2 saturated heterocycles. The van der Waals surface area contributed by atoms with Crippen LogP contribution in [-0.4, -0.2) is 65.5 Å². The molecule has 0 saturated carbocycles. The molecule has 9 heteroatoms. The third-order valence-electron chi connectivity index (χ3n) is 8.49. The summed E-state index contributed by atoms with van der Waals surface area (Å²) < 4.78 is 20.0. The van der Waals surface area contributed by atoms with Crippen molar-refractivity contribution >= 4 is 17.9 Å². The average Bonchev–Trinajstić information content (AvgIpc) is 3.04. The normalized spacial score (nSPS) is 18.3. The summed E-state index contributed by atoms with van der Waals surface area (Å²) in [4.78, 5) is 43.7. The van der Waals surface area contributed by atoms with Gasteiger partial charge in [-0.25, -0.2) is 9.18 Å². The van der Waals surface area contributed by atoms with Gasteiger partial charge in [-0.05, 0) is 49.3 Å². The zero-order valence-corrected chi connectivity index (χ0v) is 24.3. The predicted molar refractivity (Wildman–Crippen MR) is 161 cm³/mol. The van der Waals surface area contributed by atoms with Crippen molar-refractivity contribution in [3.63, 3.8) is 0 Å². The second-order valence-corrected chi connectivity index (χ2v) is 11.3. The molecule has 0 bridgehead atoms. The Morgan fingerprint density at radius 3 is 2.28 bits per heavy atom. The number of carbonyl (C=O) groups is 3. The minimum absolute atomic E-state index is 0.0313. The largest absolute Gasteiger partial charge is 0.445 e. The summed E-state index contributed by atoms with van der Waals surface area (Å²) in [6, 6.07) is 25.3. The first-order valence-electron chi connectivity index (χ1n) is 15.0. The van der Waals surface area contributed by atoms with Crippen molar-refractivity contribution < 1.29 is 23.5 Å². The highest BCUT2D eigenvalue weighted by atomic mass is 19.1. The Morgan fingerprint density at radius 1 is 0.930 bits per heavy atom. The van der Waals surface area contributed by atoms with Crippen LogP contribution in [0.1, 0.15) is 42.4 Å². The van der Waals surface area contributed by atoms with E-state index in [-0.39, 0.29) is 25.0 Å². The third-order valence-corrected chi connectivity index (χ3v) is 8.49. The van der Waals surface area contributed by atoms with Crippen molar-refractivity contribution in [2.24, 2.45) is 0 Å². The van der Waals surface area contributed by atoms with Gasteiger partial charge in [-0.3, -0.25) is 9.59 Å². The number of halogens is 1. The fourth-order valence-corrected chi connectivity index (χ4v) is 5.94. The number of amides is 3. The van der Waals surface area contributed by atoms with E-state index in [2.05, 4.69) is 27.7 Å². The van der Waals surface area contributed by atoms with Crippen LogP contribution in [-0.2, 0) is 33.9 Å². The molecule has 1 spiro atoms. The lowest BCUT2D eigenvalue weighted by Gasteiger charge is -2.51. The highest BCUT2D eigenvalue weighted by molar-refractivity contribution is 6.00.